The van der Waals surface area contributed by atoms with Gasteiger partial charge in [-0.25, -0.2) is 0 Å². The first-order valence-corrected chi connectivity index (χ1v) is 9.28. The number of carbonyl (C=O) groups is 1. The van der Waals surface area contributed by atoms with Crippen LogP contribution in [0.1, 0.15) is 5.56 Å². The number of anilines is 2. The van der Waals surface area contributed by atoms with Crippen LogP contribution < -0.4 is 10.2 Å². The molecule has 3 rings (SSSR count). The van der Waals surface area contributed by atoms with Gasteiger partial charge in [-0.2, -0.15) is 0 Å². The van der Waals surface area contributed by atoms with E-state index in [2.05, 4.69) is 68.9 Å². The number of hydrogen-bond donors (Lipinski definition) is 1. The van der Waals surface area contributed by atoms with Crippen molar-refractivity contribution in [3.05, 3.63) is 57.7 Å². The summed E-state index contributed by atoms with van der Waals surface area (Å²) < 4.78 is 1.06. The Kier molecular flexibility index (Phi) is 5.73. The van der Waals surface area contributed by atoms with E-state index in [9.17, 15) is 4.79 Å². The number of aryl methyl sites for hydroxylation is 1. The van der Waals surface area contributed by atoms with Crippen LogP contribution in [0.15, 0.2) is 48.5 Å². The maximum atomic E-state index is 12.3. The van der Waals surface area contributed by atoms with Crippen molar-refractivity contribution >= 4 is 39.9 Å². The van der Waals surface area contributed by atoms with E-state index < -0.39 is 0 Å². The summed E-state index contributed by atoms with van der Waals surface area (Å²) in [6.07, 6.45) is 0. The molecule has 0 radical (unpaired) electrons. The van der Waals surface area contributed by atoms with Crippen molar-refractivity contribution in [1.82, 2.24) is 4.90 Å². The highest BCUT2D eigenvalue weighted by atomic mass is 127. The van der Waals surface area contributed by atoms with Gasteiger partial charge in [-0.3, -0.25) is 9.69 Å². The average Bonchev–Trinajstić information content (AvgIpc) is 2.58. The van der Waals surface area contributed by atoms with E-state index in [1.807, 2.05) is 24.3 Å². The Labute approximate surface area is 157 Å². The molecule has 1 aliphatic heterocycles. The highest BCUT2D eigenvalue weighted by Crippen LogP contribution is 2.19. The van der Waals surface area contributed by atoms with Gasteiger partial charge in [-0.05, 0) is 59.3 Å². The van der Waals surface area contributed by atoms with Gasteiger partial charge < -0.3 is 10.2 Å². The van der Waals surface area contributed by atoms with Crippen molar-refractivity contribution in [1.29, 1.82) is 0 Å². The Morgan fingerprint density at radius 3 is 2.54 bits per heavy atom. The zero-order valence-corrected chi connectivity index (χ0v) is 16.0. The molecule has 24 heavy (non-hydrogen) atoms. The molecule has 0 unspecified atom stereocenters. The Balaban J connectivity index is 1.50. The molecule has 0 spiro atoms. The van der Waals surface area contributed by atoms with Crippen LogP contribution in [0.3, 0.4) is 0 Å². The number of piperazine rings is 1. The van der Waals surface area contributed by atoms with Gasteiger partial charge >= 0.3 is 0 Å². The third-order valence-corrected chi connectivity index (χ3v) is 5.19. The lowest BCUT2D eigenvalue weighted by Gasteiger charge is -2.35. The van der Waals surface area contributed by atoms with Crippen LogP contribution in [0.25, 0.3) is 0 Å². The second-order valence-corrected chi connectivity index (χ2v) is 7.29. The number of nitrogens with zero attached hydrogens (tertiary/aromatic N) is 2. The van der Waals surface area contributed by atoms with Gasteiger partial charge in [0, 0.05) is 35.4 Å². The van der Waals surface area contributed by atoms with E-state index in [0.29, 0.717) is 6.54 Å². The SMILES string of the molecule is Cc1cccc(N2CCN(CC(=O)Nc3ccccc3I)CC2)c1. The summed E-state index contributed by atoms with van der Waals surface area (Å²) >= 11 is 2.24. The Morgan fingerprint density at radius 1 is 1.08 bits per heavy atom. The monoisotopic (exact) mass is 435 g/mol. The standard InChI is InChI=1S/C19H22IN3O/c1-15-5-4-6-16(13-15)23-11-9-22(10-12-23)14-19(24)21-18-8-3-2-7-17(18)20/h2-8,13H,9-12,14H2,1H3,(H,21,24). The zero-order chi connectivity index (χ0) is 16.9. The number of halogens is 1. The van der Waals surface area contributed by atoms with Crippen LogP contribution in [0.2, 0.25) is 0 Å². The molecular formula is C19H22IN3O. The second kappa shape index (κ2) is 7.98. The maximum absolute atomic E-state index is 12.3. The molecule has 5 heteroatoms. The van der Waals surface area contributed by atoms with Crippen molar-refractivity contribution < 1.29 is 4.79 Å². The molecule has 1 saturated heterocycles. The highest BCUT2D eigenvalue weighted by Gasteiger charge is 2.19. The van der Waals surface area contributed by atoms with Crippen molar-refractivity contribution in [2.24, 2.45) is 0 Å². The molecule has 0 bridgehead atoms. The Bertz CT molecular complexity index is 711. The summed E-state index contributed by atoms with van der Waals surface area (Å²) in [6.45, 7) is 6.31. The minimum absolute atomic E-state index is 0.0584. The Morgan fingerprint density at radius 2 is 1.83 bits per heavy atom. The van der Waals surface area contributed by atoms with Crippen molar-refractivity contribution in [2.75, 3.05) is 42.9 Å². The molecule has 1 N–H and O–H groups in total. The minimum Gasteiger partial charge on any atom is -0.369 e. The van der Waals surface area contributed by atoms with E-state index in [4.69, 9.17) is 0 Å². The van der Waals surface area contributed by atoms with Crippen LogP contribution in [0, 0.1) is 10.5 Å². The van der Waals surface area contributed by atoms with E-state index >= 15 is 0 Å². The van der Waals surface area contributed by atoms with Gasteiger partial charge in [0.05, 0.1) is 12.2 Å². The maximum Gasteiger partial charge on any atom is 0.238 e. The third-order valence-electron chi connectivity index (χ3n) is 4.25. The van der Waals surface area contributed by atoms with Gasteiger partial charge in [0.25, 0.3) is 0 Å². The topological polar surface area (TPSA) is 35.6 Å². The number of hydrogen-bond acceptors (Lipinski definition) is 3. The number of nitrogens with one attached hydrogen (secondary N) is 1. The number of rotatable bonds is 4. The molecule has 1 aliphatic rings. The molecule has 0 aromatic heterocycles. The number of amides is 1. The highest BCUT2D eigenvalue weighted by molar-refractivity contribution is 14.1. The van der Waals surface area contributed by atoms with Crippen molar-refractivity contribution in [3.63, 3.8) is 0 Å². The second-order valence-electron chi connectivity index (χ2n) is 6.13. The minimum atomic E-state index is 0.0584. The molecule has 1 fully saturated rings. The van der Waals surface area contributed by atoms with Gasteiger partial charge in [-0.1, -0.05) is 24.3 Å². The molecule has 2 aromatic rings. The van der Waals surface area contributed by atoms with Crippen LogP contribution in [0.5, 0.6) is 0 Å². The van der Waals surface area contributed by atoms with Gasteiger partial charge in [0.1, 0.15) is 0 Å². The van der Waals surface area contributed by atoms with Crippen LogP contribution in [-0.2, 0) is 4.79 Å². The summed E-state index contributed by atoms with van der Waals surface area (Å²) in [7, 11) is 0. The first-order chi connectivity index (χ1) is 11.6. The van der Waals surface area contributed by atoms with E-state index in [-0.39, 0.29) is 5.91 Å². The smallest absolute Gasteiger partial charge is 0.238 e. The first kappa shape index (κ1) is 17.2. The number of carbonyl (C=O) groups excluding carboxylic acids is 1. The molecule has 1 amide bonds. The van der Waals surface area contributed by atoms with E-state index in [1.54, 1.807) is 0 Å². The molecule has 0 aliphatic carbocycles. The fourth-order valence-corrected chi connectivity index (χ4v) is 3.47. The molecule has 1 heterocycles. The predicted molar refractivity (Wildman–Crippen MR) is 108 cm³/mol. The predicted octanol–water partition coefficient (Wildman–Crippen LogP) is 3.36. The molecule has 2 aromatic carbocycles. The normalized spacial score (nSPS) is 15.3. The van der Waals surface area contributed by atoms with Crippen molar-refractivity contribution in [3.8, 4) is 0 Å². The lowest BCUT2D eigenvalue weighted by molar-refractivity contribution is -0.117. The van der Waals surface area contributed by atoms with Crippen LogP contribution in [0.4, 0.5) is 11.4 Å². The third kappa shape index (κ3) is 4.48. The zero-order valence-electron chi connectivity index (χ0n) is 13.8. The Hall–Kier alpha value is -1.60. The summed E-state index contributed by atoms with van der Waals surface area (Å²) in [4.78, 5) is 16.9. The fraction of sp³-hybridized carbons (Fsp3) is 0.316. The number of para-hydroxylation sites is 1. The van der Waals surface area contributed by atoms with E-state index in [0.717, 1.165) is 35.4 Å². The molecule has 4 nitrogen and oxygen atoms in total. The average molecular weight is 435 g/mol. The lowest BCUT2D eigenvalue weighted by Crippen LogP contribution is -2.48. The molecule has 0 atom stereocenters. The summed E-state index contributed by atoms with van der Waals surface area (Å²) in [5.74, 6) is 0.0584. The quantitative estimate of drug-likeness (QED) is 0.749. The summed E-state index contributed by atoms with van der Waals surface area (Å²) in [5.41, 5.74) is 3.45. The van der Waals surface area contributed by atoms with Crippen molar-refractivity contribution in [2.45, 2.75) is 6.92 Å². The first-order valence-electron chi connectivity index (χ1n) is 8.20. The van der Waals surface area contributed by atoms with Gasteiger partial charge in [0.15, 0.2) is 0 Å². The van der Waals surface area contributed by atoms with E-state index in [1.165, 1.54) is 11.3 Å². The van der Waals surface area contributed by atoms with Crippen LogP contribution >= 0.6 is 22.6 Å². The fourth-order valence-electron chi connectivity index (χ4n) is 2.94. The summed E-state index contributed by atoms with van der Waals surface area (Å²) in [6, 6.07) is 16.5. The number of benzene rings is 2. The van der Waals surface area contributed by atoms with Gasteiger partial charge in [0.2, 0.25) is 5.91 Å². The molecule has 126 valence electrons. The van der Waals surface area contributed by atoms with Gasteiger partial charge in [-0.15, -0.1) is 0 Å². The molecular weight excluding hydrogens is 413 g/mol. The largest absolute Gasteiger partial charge is 0.369 e. The van der Waals surface area contributed by atoms with Crippen LogP contribution in [-0.4, -0.2) is 43.5 Å². The lowest BCUT2D eigenvalue weighted by atomic mass is 10.2. The molecule has 0 saturated carbocycles. The summed E-state index contributed by atoms with van der Waals surface area (Å²) in [5, 5.41) is 3.01.